The monoisotopic (exact) mass is 222 g/mol. The average molecular weight is 222 g/mol. The molecule has 0 amide bonds. The molecule has 0 aromatic heterocycles. The maximum absolute atomic E-state index is 13.9. The van der Waals surface area contributed by atoms with Crippen molar-refractivity contribution in [2.45, 2.75) is 45.6 Å². The molecule has 2 rings (SSSR count). The highest BCUT2D eigenvalue weighted by atomic mass is 19.1. The van der Waals surface area contributed by atoms with E-state index in [0.29, 0.717) is 5.56 Å². The molecule has 1 aromatic carbocycles. The van der Waals surface area contributed by atoms with Crippen LogP contribution in [0.1, 0.15) is 48.5 Å². The molecule has 0 saturated heterocycles. The van der Waals surface area contributed by atoms with Crippen LogP contribution in [0.4, 0.5) is 4.39 Å². The van der Waals surface area contributed by atoms with E-state index >= 15 is 0 Å². The van der Waals surface area contributed by atoms with Crippen LogP contribution in [0, 0.1) is 25.6 Å². The second-order valence-electron chi connectivity index (χ2n) is 4.97. The lowest BCUT2D eigenvalue weighted by Gasteiger charge is -2.21. The lowest BCUT2D eigenvalue weighted by atomic mass is 9.90. The molecule has 16 heavy (non-hydrogen) atoms. The minimum absolute atomic E-state index is 0.246. The molecule has 0 aliphatic heterocycles. The SMILES string of the molecule is Cc1cc(C)c(C(O)C2CCCC2)c(F)c1. The number of rotatable bonds is 2. The number of hydrogen-bond acceptors (Lipinski definition) is 1. The summed E-state index contributed by atoms with van der Waals surface area (Å²) in [6.07, 6.45) is 3.74. The van der Waals surface area contributed by atoms with Crippen molar-refractivity contribution in [3.63, 3.8) is 0 Å². The normalized spacial score (nSPS) is 19.0. The van der Waals surface area contributed by atoms with E-state index in [-0.39, 0.29) is 11.7 Å². The first-order valence-corrected chi connectivity index (χ1v) is 6.04. The highest BCUT2D eigenvalue weighted by Crippen LogP contribution is 2.37. The van der Waals surface area contributed by atoms with Gasteiger partial charge in [-0.2, -0.15) is 0 Å². The fraction of sp³-hybridized carbons (Fsp3) is 0.571. The van der Waals surface area contributed by atoms with Gasteiger partial charge in [-0.25, -0.2) is 4.39 Å². The van der Waals surface area contributed by atoms with Crippen LogP contribution in [0.25, 0.3) is 0 Å². The van der Waals surface area contributed by atoms with Crippen LogP contribution in [0.3, 0.4) is 0 Å². The summed E-state index contributed by atoms with van der Waals surface area (Å²) < 4.78 is 13.9. The molecule has 0 heterocycles. The summed E-state index contributed by atoms with van der Waals surface area (Å²) in [7, 11) is 0. The zero-order valence-corrected chi connectivity index (χ0v) is 9.96. The molecule has 1 aliphatic carbocycles. The molecule has 1 unspecified atom stereocenters. The fourth-order valence-corrected chi connectivity index (χ4v) is 2.81. The van der Waals surface area contributed by atoms with Crippen LogP contribution in [0.2, 0.25) is 0 Å². The molecular weight excluding hydrogens is 203 g/mol. The van der Waals surface area contributed by atoms with Crippen LogP contribution >= 0.6 is 0 Å². The third-order valence-electron chi connectivity index (χ3n) is 3.62. The van der Waals surface area contributed by atoms with E-state index in [0.717, 1.165) is 36.8 Å². The standard InChI is InChI=1S/C14H19FO/c1-9-7-10(2)13(12(15)8-9)14(16)11-5-3-4-6-11/h7-8,11,14,16H,3-6H2,1-2H3. The first-order valence-electron chi connectivity index (χ1n) is 6.04. The van der Waals surface area contributed by atoms with Gasteiger partial charge >= 0.3 is 0 Å². The number of benzene rings is 1. The van der Waals surface area contributed by atoms with Crippen LogP contribution in [-0.4, -0.2) is 5.11 Å². The molecule has 1 nitrogen and oxygen atoms in total. The Morgan fingerprint density at radius 2 is 1.88 bits per heavy atom. The molecule has 88 valence electrons. The van der Waals surface area contributed by atoms with Gasteiger partial charge in [-0.3, -0.25) is 0 Å². The smallest absolute Gasteiger partial charge is 0.129 e. The molecule has 0 spiro atoms. The van der Waals surface area contributed by atoms with Crippen LogP contribution < -0.4 is 0 Å². The van der Waals surface area contributed by atoms with Gasteiger partial charge in [0.05, 0.1) is 6.10 Å². The zero-order chi connectivity index (χ0) is 11.7. The van der Waals surface area contributed by atoms with Gasteiger partial charge in [-0.15, -0.1) is 0 Å². The van der Waals surface area contributed by atoms with Crippen molar-refractivity contribution in [3.05, 3.63) is 34.6 Å². The van der Waals surface area contributed by atoms with Gasteiger partial charge in [0.2, 0.25) is 0 Å². The summed E-state index contributed by atoms with van der Waals surface area (Å²) in [4.78, 5) is 0. The van der Waals surface area contributed by atoms with E-state index in [1.807, 2.05) is 19.9 Å². The van der Waals surface area contributed by atoms with Crippen molar-refractivity contribution in [1.29, 1.82) is 0 Å². The molecule has 1 aromatic rings. The molecule has 1 fully saturated rings. The second kappa shape index (κ2) is 4.54. The highest BCUT2D eigenvalue weighted by molar-refractivity contribution is 5.34. The molecule has 0 bridgehead atoms. The van der Waals surface area contributed by atoms with Gasteiger partial charge < -0.3 is 5.11 Å². The number of hydrogen-bond donors (Lipinski definition) is 1. The lowest BCUT2D eigenvalue weighted by molar-refractivity contribution is 0.107. The van der Waals surface area contributed by atoms with Gasteiger partial charge in [-0.1, -0.05) is 18.9 Å². The van der Waals surface area contributed by atoms with Crippen molar-refractivity contribution in [2.24, 2.45) is 5.92 Å². The molecular formula is C14H19FO. The second-order valence-corrected chi connectivity index (χ2v) is 4.97. The Hall–Kier alpha value is -0.890. The van der Waals surface area contributed by atoms with E-state index in [1.165, 1.54) is 6.07 Å². The van der Waals surface area contributed by atoms with Gasteiger partial charge in [0.25, 0.3) is 0 Å². The molecule has 1 N–H and O–H groups in total. The maximum atomic E-state index is 13.9. The van der Waals surface area contributed by atoms with E-state index in [2.05, 4.69) is 0 Å². The number of aryl methyl sites for hydroxylation is 2. The van der Waals surface area contributed by atoms with Crippen LogP contribution in [0.15, 0.2) is 12.1 Å². The van der Waals surface area contributed by atoms with E-state index in [9.17, 15) is 9.50 Å². The van der Waals surface area contributed by atoms with Crippen molar-refractivity contribution >= 4 is 0 Å². The van der Waals surface area contributed by atoms with Gasteiger partial charge in [0.15, 0.2) is 0 Å². The zero-order valence-electron chi connectivity index (χ0n) is 9.96. The van der Waals surface area contributed by atoms with E-state index in [1.54, 1.807) is 0 Å². The predicted molar refractivity (Wildman–Crippen MR) is 62.8 cm³/mol. The number of aliphatic hydroxyl groups is 1. The molecule has 1 saturated carbocycles. The molecule has 2 heteroatoms. The largest absolute Gasteiger partial charge is 0.388 e. The summed E-state index contributed by atoms with van der Waals surface area (Å²) in [5.74, 6) is -0.00666. The van der Waals surface area contributed by atoms with Crippen molar-refractivity contribution in [3.8, 4) is 0 Å². The molecule has 1 atom stereocenters. The third-order valence-corrected chi connectivity index (χ3v) is 3.62. The average Bonchev–Trinajstić information content (AvgIpc) is 2.67. The Bertz CT molecular complexity index is 357. The number of aliphatic hydroxyl groups excluding tert-OH is 1. The Labute approximate surface area is 96.3 Å². The first kappa shape index (κ1) is 11.6. The maximum Gasteiger partial charge on any atom is 0.129 e. The molecule has 0 radical (unpaired) electrons. The quantitative estimate of drug-likeness (QED) is 0.809. The first-order chi connectivity index (χ1) is 7.59. The number of halogens is 1. The Morgan fingerprint density at radius 1 is 1.25 bits per heavy atom. The van der Waals surface area contributed by atoms with Crippen molar-refractivity contribution < 1.29 is 9.50 Å². The summed E-state index contributed by atoms with van der Waals surface area (Å²) in [5, 5.41) is 10.2. The minimum atomic E-state index is -0.622. The Kier molecular flexibility index (Phi) is 3.29. The van der Waals surface area contributed by atoms with Crippen molar-refractivity contribution in [2.75, 3.05) is 0 Å². The van der Waals surface area contributed by atoms with E-state index < -0.39 is 6.10 Å². The van der Waals surface area contributed by atoms with Crippen LogP contribution in [0.5, 0.6) is 0 Å². The van der Waals surface area contributed by atoms with Crippen molar-refractivity contribution in [1.82, 2.24) is 0 Å². The lowest BCUT2D eigenvalue weighted by Crippen LogP contribution is -2.12. The highest BCUT2D eigenvalue weighted by Gasteiger charge is 2.27. The summed E-state index contributed by atoms with van der Waals surface area (Å²) >= 11 is 0. The third kappa shape index (κ3) is 2.12. The predicted octanol–water partition coefficient (Wildman–Crippen LogP) is 3.67. The Balaban J connectivity index is 2.31. The fourth-order valence-electron chi connectivity index (χ4n) is 2.81. The molecule has 1 aliphatic rings. The van der Waals surface area contributed by atoms with Gasteiger partial charge in [-0.05, 0) is 49.8 Å². The summed E-state index contributed by atoms with van der Waals surface area (Å²) in [5.41, 5.74) is 2.30. The Morgan fingerprint density at radius 3 is 2.44 bits per heavy atom. The topological polar surface area (TPSA) is 20.2 Å². The minimum Gasteiger partial charge on any atom is -0.388 e. The van der Waals surface area contributed by atoms with E-state index in [4.69, 9.17) is 0 Å². The summed E-state index contributed by atoms with van der Waals surface area (Å²) in [6, 6.07) is 3.46. The van der Waals surface area contributed by atoms with Gasteiger partial charge in [0.1, 0.15) is 5.82 Å². The van der Waals surface area contributed by atoms with Gasteiger partial charge in [0, 0.05) is 5.56 Å². The van der Waals surface area contributed by atoms with Crippen LogP contribution in [-0.2, 0) is 0 Å². The summed E-state index contributed by atoms with van der Waals surface area (Å²) in [6.45, 7) is 3.76.